The summed E-state index contributed by atoms with van der Waals surface area (Å²) < 4.78 is 19.7. The summed E-state index contributed by atoms with van der Waals surface area (Å²) in [4.78, 5) is -1.08. The number of rotatable bonds is 3. The van der Waals surface area contributed by atoms with Gasteiger partial charge in [0.2, 0.25) is 0 Å². The predicted molar refractivity (Wildman–Crippen MR) is 32.4 cm³/mol. The monoisotopic (exact) mass is 176 g/mol. The minimum atomic E-state index is -2.29. The highest BCUT2D eigenvalue weighted by atomic mass is 35.5. The van der Waals surface area contributed by atoms with Gasteiger partial charge < -0.3 is 4.55 Å². The largest absolute Gasteiger partial charge is 0.770 e. The molecule has 0 aromatic carbocycles. The molecule has 3 nitrogen and oxygen atoms in total. The second kappa shape index (κ2) is 4.52. The van der Waals surface area contributed by atoms with Crippen molar-refractivity contribution in [2.75, 3.05) is 6.00 Å². The second-order valence-electron chi connectivity index (χ2n) is 0.914. The zero-order chi connectivity index (χ0) is 6.57. The Morgan fingerprint density at radius 1 is 1.88 bits per heavy atom. The Bertz CT molecular complexity index is 90.1. The molecule has 0 radical (unpaired) electrons. The summed E-state index contributed by atoms with van der Waals surface area (Å²) in [5.74, 6) is 0. The van der Waals surface area contributed by atoms with Crippen LogP contribution in [0.25, 0.3) is 0 Å². The Hall–Kier alpha value is 0.650. The van der Waals surface area contributed by atoms with E-state index in [9.17, 15) is 8.76 Å². The van der Waals surface area contributed by atoms with E-state index in [0.717, 1.165) is 0 Å². The Morgan fingerprint density at radius 2 is 2.38 bits per heavy atom. The van der Waals surface area contributed by atoms with E-state index in [1.807, 2.05) is 0 Å². The summed E-state index contributed by atoms with van der Waals surface area (Å²) in [5.41, 5.74) is 0. The average Bonchev–Trinajstić information content (AvgIpc) is 1.67. The van der Waals surface area contributed by atoms with Crippen molar-refractivity contribution in [3.05, 3.63) is 0 Å². The number of alkyl halides is 2. The molecule has 2 unspecified atom stereocenters. The molecule has 0 spiro atoms. The molecule has 0 aromatic rings. The standard InChI is InChI=1S/C2H5Cl2NO2S/c3-1-5-2(4)8(6)7/h2,5H,1H2,(H,6,7)/p-1. The Labute approximate surface area is 59.6 Å². The van der Waals surface area contributed by atoms with Crippen molar-refractivity contribution < 1.29 is 8.76 Å². The topological polar surface area (TPSA) is 52.2 Å². The highest BCUT2D eigenvalue weighted by molar-refractivity contribution is 7.81. The van der Waals surface area contributed by atoms with Crippen molar-refractivity contribution in [1.29, 1.82) is 0 Å². The van der Waals surface area contributed by atoms with Crippen LogP contribution in [0.4, 0.5) is 0 Å². The van der Waals surface area contributed by atoms with Gasteiger partial charge in [0.05, 0.1) is 6.00 Å². The molecule has 0 fully saturated rings. The number of hydrogen-bond acceptors (Lipinski definition) is 3. The maximum atomic E-state index is 9.84. The molecular weight excluding hydrogens is 173 g/mol. The highest BCUT2D eigenvalue weighted by Gasteiger charge is 1.98. The van der Waals surface area contributed by atoms with Crippen LogP contribution in [0.3, 0.4) is 0 Å². The van der Waals surface area contributed by atoms with Crippen molar-refractivity contribution in [2.45, 2.75) is 4.83 Å². The van der Waals surface area contributed by atoms with E-state index in [0.29, 0.717) is 0 Å². The van der Waals surface area contributed by atoms with E-state index in [1.165, 1.54) is 0 Å². The summed E-state index contributed by atoms with van der Waals surface area (Å²) in [6.45, 7) is 0. The van der Waals surface area contributed by atoms with E-state index in [1.54, 1.807) is 0 Å². The fourth-order valence-corrected chi connectivity index (χ4v) is 0.750. The molecule has 0 aliphatic heterocycles. The second-order valence-corrected chi connectivity index (χ2v) is 2.87. The fraction of sp³-hybridized carbons (Fsp3) is 1.00. The lowest BCUT2D eigenvalue weighted by Crippen LogP contribution is -2.26. The van der Waals surface area contributed by atoms with Gasteiger partial charge in [-0.15, -0.1) is 11.6 Å². The van der Waals surface area contributed by atoms with Crippen molar-refractivity contribution >= 4 is 34.3 Å². The van der Waals surface area contributed by atoms with Gasteiger partial charge in [-0.1, -0.05) is 11.6 Å². The normalized spacial score (nSPS) is 17.9. The molecule has 6 heteroatoms. The lowest BCUT2D eigenvalue weighted by Gasteiger charge is -2.10. The van der Waals surface area contributed by atoms with Crippen LogP contribution in [0, 0.1) is 0 Å². The molecule has 50 valence electrons. The number of halogens is 2. The molecule has 0 aliphatic carbocycles. The lowest BCUT2D eigenvalue weighted by atomic mass is 11.2. The van der Waals surface area contributed by atoms with Crippen molar-refractivity contribution in [2.24, 2.45) is 0 Å². The maximum absolute atomic E-state index is 9.84. The van der Waals surface area contributed by atoms with Crippen LogP contribution >= 0.6 is 23.2 Å². The van der Waals surface area contributed by atoms with Crippen LogP contribution < -0.4 is 5.32 Å². The van der Waals surface area contributed by atoms with Gasteiger partial charge in [0.25, 0.3) is 0 Å². The Balaban J connectivity index is 3.32. The van der Waals surface area contributed by atoms with Gasteiger partial charge in [0, 0.05) is 0 Å². The first-order valence-electron chi connectivity index (χ1n) is 1.70. The van der Waals surface area contributed by atoms with Crippen LogP contribution in [-0.2, 0) is 11.1 Å². The van der Waals surface area contributed by atoms with Crippen LogP contribution in [0.5, 0.6) is 0 Å². The Kier molecular flexibility index (Phi) is 4.89. The predicted octanol–water partition coefficient (Wildman–Crippen LogP) is 0.174. The summed E-state index contributed by atoms with van der Waals surface area (Å²) in [6, 6.07) is 0.0299. The first kappa shape index (κ1) is 8.65. The van der Waals surface area contributed by atoms with Gasteiger partial charge in [-0.3, -0.25) is 9.53 Å². The molecule has 1 N–H and O–H groups in total. The van der Waals surface area contributed by atoms with Gasteiger partial charge >= 0.3 is 0 Å². The third-order valence-electron chi connectivity index (χ3n) is 0.407. The maximum Gasteiger partial charge on any atom is 0.146 e. The Morgan fingerprint density at radius 3 is 2.50 bits per heavy atom. The van der Waals surface area contributed by atoms with E-state index < -0.39 is 15.9 Å². The molecule has 0 aromatic heterocycles. The summed E-state index contributed by atoms with van der Waals surface area (Å²) in [6.07, 6.45) is 0. The smallest absolute Gasteiger partial charge is 0.146 e. The molecule has 8 heavy (non-hydrogen) atoms. The van der Waals surface area contributed by atoms with E-state index in [2.05, 4.69) is 5.32 Å². The van der Waals surface area contributed by atoms with E-state index >= 15 is 0 Å². The SMILES string of the molecule is O=S([O-])C(Cl)NCCl. The molecule has 0 saturated heterocycles. The zero-order valence-electron chi connectivity index (χ0n) is 3.77. The lowest BCUT2D eigenvalue weighted by molar-refractivity contribution is 0.527. The van der Waals surface area contributed by atoms with Crippen LogP contribution in [-0.4, -0.2) is 19.6 Å². The van der Waals surface area contributed by atoms with Gasteiger partial charge in [-0.05, 0) is 11.1 Å². The van der Waals surface area contributed by atoms with E-state index in [-0.39, 0.29) is 6.00 Å². The molecule has 0 saturated carbocycles. The first-order valence-corrected chi connectivity index (χ1v) is 3.81. The molecule has 0 amide bonds. The van der Waals surface area contributed by atoms with Crippen LogP contribution in [0.15, 0.2) is 0 Å². The average molecular weight is 177 g/mol. The van der Waals surface area contributed by atoms with Crippen LogP contribution in [0.1, 0.15) is 0 Å². The third kappa shape index (κ3) is 3.63. The third-order valence-corrected chi connectivity index (χ3v) is 1.66. The minimum Gasteiger partial charge on any atom is -0.770 e. The van der Waals surface area contributed by atoms with E-state index in [4.69, 9.17) is 23.2 Å². The summed E-state index contributed by atoms with van der Waals surface area (Å²) in [7, 11) is 0. The van der Waals surface area contributed by atoms with Gasteiger partial charge in [-0.2, -0.15) is 0 Å². The quantitative estimate of drug-likeness (QED) is 0.380. The fourth-order valence-electron chi connectivity index (χ4n) is 0.129. The number of hydrogen-bond donors (Lipinski definition) is 1. The molecule has 0 aliphatic rings. The number of nitrogens with one attached hydrogen (secondary N) is 1. The molecule has 0 heterocycles. The summed E-state index contributed by atoms with van der Waals surface area (Å²) in [5, 5.41) is 2.26. The molecule has 0 bridgehead atoms. The van der Waals surface area contributed by atoms with Gasteiger partial charge in [0.15, 0.2) is 0 Å². The molecular formula is C2H4Cl2NO2S-. The van der Waals surface area contributed by atoms with Crippen molar-refractivity contribution in [3.63, 3.8) is 0 Å². The van der Waals surface area contributed by atoms with Gasteiger partial charge in [-0.25, -0.2) is 0 Å². The zero-order valence-corrected chi connectivity index (χ0v) is 6.09. The minimum absolute atomic E-state index is 0.0299. The highest BCUT2D eigenvalue weighted by Crippen LogP contribution is 1.93. The van der Waals surface area contributed by atoms with Crippen molar-refractivity contribution in [1.82, 2.24) is 5.32 Å². The molecule has 2 atom stereocenters. The first-order chi connectivity index (χ1) is 3.68. The summed E-state index contributed by atoms with van der Waals surface area (Å²) >= 11 is 7.89. The van der Waals surface area contributed by atoms with Crippen LogP contribution in [0.2, 0.25) is 0 Å². The van der Waals surface area contributed by atoms with Gasteiger partial charge in [0.1, 0.15) is 4.83 Å². The molecule has 0 rings (SSSR count). The van der Waals surface area contributed by atoms with Crippen molar-refractivity contribution in [3.8, 4) is 0 Å².